The molecule has 1 saturated carbocycles. The van der Waals surface area contributed by atoms with Gasteiger partial charge in [0.25, 0.3) is 0 Å². The van der Waals surface area contributed by atoms with Crippen molar-refractivity contribution in [2.24, 2.45) is 5.92 Å². The molecule has 2 rings (SSSR count). The molecule has 3 heteroatoms. The zero-order valence-corrected chi connectivity index (χ0v) is 11.5. The summed E-state index contributed by atoms with van der Waals surface area (Å²) in [6.45, 7) is 4.43. The van der Waals surface area contributed by atoms with Gasteiger partial charge in [-0.1, -0.05) is 19.8 Å². The van der Waals surface area contributed by atoms with E-state index in [4.69, 9.17) is 0 Å². The molecule has 0 spiro atoms. The third-order valence-electron chi connectivity index (χ3n) is 3.52. The maximum absolute atomic E-state index is 4.41. The molecule has 1 heterocycles. The Morgan fingerprint density at radius 2 is 2.12 bits per heavy atom. The summed E-state index contributed by atoms with van der Waals surface area (Å²) in [4.78, 5) is 4.41. The number of hydrogen-bond acceptors (Lipinski definition) is 2. The predicted octanol–water partition coefficient (Wildman–Crippen LogP) is 4.14. The van der Waals surface area contributed by atoms with Crippen LogP contribution in [0.2, 0.25) is 0 Å². The van der Waals surface area contributed by atoms with Crippen LogP contribution in [0.15, 0.2) is 16.7 Å². The summed E-state index contributed by atoms with van der Waals surface area (Å²) in [5, 5.41) is 3.58. The van der Waals surface area contributed by atoms with E-state index in [-0.39, 0.29) is 0 Å². The smallest absolute Gasteiger partial charge is 0.140 e. The number of hydrogen-bond donors (Lipinski definition) is 1. The van der Waals surface area contributed by atoms with Gasteiger partial charge in [0.05, 0.1) is 4.47 Å². The van der Waals surface area contributed by atoms with Crippen LogP contribution in [0.4, 0.5) is 5.82 Å². The Morgan fingerprint density at radius 3 is 2.88 bits per heavy atom. The molecule has 1 N–H and O–H groups in total. The van der Waals surface area contributed by atoms with Crippen molar-refractivity contribution in [2.75, 3.05) is 5.32 Å². The minimum absolute atomic E-state index is 0.583. The molecule has 1 aliphatic carbocycles. The molecular weight excluding hydrogens is 264 g/mol. The van der Waals surface area contributed by atoms with Gasteiger partial charge in [0.2, 0.25) is 0 Å². The third kappa shape index (κ3) is 2.57. The highest BCUT2D eigenvalue weighted by Crippen LogP contribution is 2.29. The van der Waals surface area contributed by atoms with Gasteiger partial charge in [-0.05, 0) is 53.2 Å². The molecule has 1 fully saturated rings. The normalized spacial score (nSPS) is 25.4. The summed E-state index contributed by atoms with van der Waals surface area (Å²) < 4.78 is 1.10. The average Bonchev–Trinajstić information content (AvgIpc) is 2.28. The number of halogens is 1. The van der Waals surface area contributed by atoms with Gasteiger partial charge in [-0.2, -0.15) is 0 Å². The van der Waals surface area contributed by atoms with Crippen molar-refractivity contribution < 1.29 is 0 Å². The molecule has 0 saturated heterocycles. The maximum Gasteiger partial charge on any atom is 0.140 e. The van der Waals surface area contributed by atoms with Crippen LogP contribution in [0.25, 0.3) is 0 Å². The van der Waals surface area contributed by atoms with Gasteiger partial charge in [0.1, 0.15) is 5.82 Å². The standard InChI is InChI=1S/C13H19BrN2/c1-9-5-3-4-6-11(9)16-13-12(14)10(2)7-8-15-13/h7-9,11H,3-6H2,1-2H3,(H,15,16). The van der Waals surface area contributed by atoms with E-state index in [1.165, 1.54) is 31.2 Å². The molecule has 0 aromatic carbocycles. The van der Waals surface area contributed by atoms with Gasteiger partial charge in [-0.15, -0.1) is 0 Å². The van der Waals surface area contributed by atoms with Crippen LogP contribution in [0.5, 0.6) is 0 Å². The lowest BCUT2D eigenvalue weighted by molar-refractivity contribution is 0.349. The number of nitrogens with one attached hydrogen (secondary N) is 1. The van der Waals surface area contributed by atoms with Gasteiger partial charge in [-0.3, -0.25) is 0 Å². The molecule has 0 bridgehead atoms. The fraction of sp³-hybridized carbons (Fsp3) is 0.615. The van der Waals surface area contributed by atoms with Gasteiger partial charge < -0.3 is 5.32 Å². The number of nitrogens with zero attached hydrogens (tertiary/aromatic N) is 1. The summed E-state index contributed by atoms with van der Waals surface area (Å²) in [6, 6.07) is 2.61. The van der Waals surface area contributed by atoms with Crippen molar-refractivity contribution in [3.05, 3.63) is 22.3 Å². The fourth-order valence-corrected chi connectivity index (χ4v) is 2.70. The number of pyridine rings is 1. The van der Waals surface area contributed by atoms with Crippen molar-refractivity contribution in [1.29, 1.82) is 0 Å². The SMILES string of the molecule is Cc1ccnc(NC2CCCCC2C)c1Br. The first-order valence-corrected chi connectivity index (χ1v) is 6.85. The van der Waals surface area contributed by atoms with Gasteiger partial charge >= 0.3 is 0 Å². The highest BCUT2D eigenvalue weighted by atomic mass is 79.9. The number of aryl methyl sites for hydroxylation is 1. The van der Waals surface area contributed by atoms with Crippen molar-refractivity contribution in [3.63, 3.8) is 0 Å². The van der Waals surface area contributed by atoms with E-state index in [9.17, 15) is 0 Å². The van der Waals surface area contributed by atoms with E-state index in [0.717, 1.165) is 16.2 Å². The molecule has 1 aromatic rings. The molecule has 1 aliphatic rings. The van der Waals surface area contributed by atoms with Crippen molar-refractivity contribution in [2.45, 2.75) is 45.6 Å². The molecule has 88 valence electrons. The van der Waals surface area contributed by atoms with E-state index in [1.54, 1.807) is 0 Å². The highest BCUT2D eigenvalue weighted by molar-refractivity contribution is 9.10. The Labute approximate surface area is 106 Å². The summed E-state index contributed by atoms with van der Waals surface area (Å²) >= 11 is 3.60. The molecule has 2 atom stereocenters. The molecule has 1 aromatic heterocycles. The lowest BCUT2D eigenvalue weighted by atomic mass is 9.86. The molecule has 0 radical (unpaired) electrons. The van der Waals surface area contributed by atoms with Crippen LogP contribution in [0, 0.1) is 12.8 Å². The second-order valence-corrected chi connectivity index (χ2v) is 5.60. The summed E-state index contributed by atoms with van der Waals surface area (Å²) in [6.07, 6.45) is 7.19. The molecule has 2 nitrogen and oxygen atoms in total. The monoisotopic (exact) mass is 282 g/mol. The van der Waals surface area contributed by atoms with E-state index < -0.39 is 0 Å². The zero-order valence-electron chi connectivity index (χ0n) is 9.96. The van der Waals surface area contributed by atoms with Crippen LogP contribution < -0.4 is 5.32 Å². The highest BCUT2D eigenvalue weighted by Gasteiger charge is 2.22. The largest absolute Gasteiger partial charge is 0.366 e. The quantitative estimate of drug-likeness (QED) is 0.882. The molecule has 0 aliphatic heterocycles. The van der Waals surface area contributed by atoms with Gasteiger partial charge in [0.15, 0.2) is 0 Å². The van der Waals surface area contributed by atoms with Gasteiger partial charge in [-0.25, -0.2) is 4.98 Å². The Morgan fingerprint density at radius 1 is 1.38 bits per heavy atom. The van der Waals surface area contributed by atoms with Crippen molar-refractivity contribution in [1.82, 2.24) is 4.98 Å². The lowest BCUT2D eigenvalue weighted by Gasteiger charge is -2.30. The fourth-order valence-electron chi connectivity index (χ4n) is 2.35. The van der Waals surface area contributed by atoms with Crippen LogP contribution in [0.3, 0.4) is 0 Å². The Hall–Kier alpha value is -0.570. The average molecular weight is 283 g/mol. The minimum atomic E-state index is 0.583. The molecule has 16 heavy (non-hydrogen) atoms. The zero-order chi connectivity index (χ0) is 11.5. The minimum Gasteiger partial charge on any atom is -0.366 e. The Bertz CT molecular complexity index is 365. The summed E-state index contributed by atoms with van der Waals surface area (Å²) in [7, 11) is 0. The molecular formula is C13H19BrN2. The van der Waals surface area contributed by atoms with E-state index in [2.05, 4.69) is 40.1 Å². The first-order chi connectivity index (χ1) is 7.68. The topological polar surface area (TPSA) is 24.9 Å². The van der Waals surface area contributed by atoms with E-state index >= 15 is 0 Å². The Balaban J connectivity index is 2.10. The third-order valence-corrected chi connectivity index (χ3v) is 4.52. The molecule has 2 unspecified atom stereocenters. The van der Waals surface area contributed by atoms with E-state index in [0.29, 0.717) is 6.04 Å². The number of aromatic nitrogens is 1. The number of anilines is 1. The van der Waals surface area contributed by atoms with Crippen molar-refractivity contribution in [3.8, 4) is 0 Å². The van der Waals surface area contributed by atoms with Gasteiger partial charge in [0, 0.05) is 12.2 Å². The second-order valence-electron chi connectivity index (χ2n) is 4.80. The van der Waals surface area contributed by atoms with E-state index in [1.807, 2.05) is 12.3 Å². The predicted molar refractivity (Wildman–Crippen MR) is 71.7 cm³/mol. The molecule has 0 amide bonds. The Kier molecular flexibility index (Phi) is 3.85. The lowest BCUT2D eigenvalue weighted by Crippen LogP contribution is -2.30. The first kappa shape index (κ1) is 11.9. The van der Waals surface area contributed by atoms with Crippen LogP contribution in [-0.2, 0) is 0 Å². The van der Waals surface area contributed by atoms with Crippen LogP contribution in [0.1, 0.15) is 38.2 Å². The second kappa shape index (κ2) is 5.17. The first-order valence-electron chi connectivity index (χ1n) is 6.06. The van der Waals surface area contributed by atoms with Crippen LogP contribution in [-0.4, -0.2) is 11.0 Å². The van der Waals surface area contributed by atoms with Crippen LogP contribution >= 0.6 is 15.9 Å². The summed E-state index contributed by atoms with van der Waals surface area (Å²) in [5.41, 5.74) is 1.24. The number of rotatable bonds is 2. The van der Waals surface area contributed by atoms with Crippen molar-refractivity contribution >= 4 is 21.7 Å². The summed E-state index contributed by atoms with van der Waals surface area (Å²) in [5.74, 6) is 1.75. The maximum atomic E-state index is 4.41.